The number of hydrogen-bond donors (Lipinski definition) is 0. The number of fused-ring (bicyclic) bond motifs is 1. The number of methoxy groups -OCH3 is 1. The van der Waals surface area contributed by atoms with Crippen molar-refractivity contribution in [2.75, 3.05) is 7.11 Å². The Morgan fingerprint density at radius 1 is 1.09 bits per heavy atom. The van der Waals surface area contributed by atoms with E-state index in [1.807, 2.05) is 61.5 Å². The quantitative estimate of drug-likeness (QED) is 0.207. The Balaban J connectivity index is 1.81. The van der Waals surface area contributed by atoms with E-state index in [4.69, 9.17) is 14.5 Å². The van der Waals surface area contributed by atoms with Gasteiger partial charge in [0.1, 0.15) is 12.4 Å². The second-order valence-electron chi connectivity index (χ2n) is 8.10. The Labute approximate surface area is 220 Å². The summed E-state index contributed by atoms with van der Waals surface area (Å²) in [4.78, 5) is 18.2. The molecule has 180 valence electrons. The first-order valence-electron chi connectivity index (χ1n) is 11.2. The van der Waals surface area contributed by atoms with Gasteiger partial charge < -0.3 is 9.47 Å². The molecule has 6 nitrogen and oxygen atoms in total. The van der Waals surface area contributed by atoms with E-state index >= 15 is 0 Å². The summed E-state index contributed by atoms with van der Waals surface area (Å²) in [7, 11) is 1.59. The fraction of sp³-hybridized carbons (Fsp3) is 0.222. The fourth-order valence-corrected chi connectivity index (χ4v) is 4.44. The highest BCUT2D eigenvalue weighted by molar-refractivity contribution is 9.10. The number of ether oxygens (including phenoxy) is 2. The first kappa shape index (κ1) is 25.1. The first-order valence-corrected chi connectivity index (χ1v) is 12.8. The van der Waals surface area contributed by atoms with Gasteiger partial charge in [-0.15, -0.1) is 0 Å². The molecule has 0 spiro atoms. The van der Waals surface area contributed by atoms with Crippen LogP contribution >= 0.6 is 31.9 Å². The van der Waals surface area contributed by atoms with Gasteiger partial charge in [0.2, 0.25) is 0 Å². The van der Waals surface area contributed by atoms with Gasteiger partial charge in [0.15, 0.2) is 11.5 Å². The van der Waals surface area contributed by atoms with Crippen LogP contribution in [0.4, 0.5) is 0 Å². The summed E-state index contributed by atoms with van der Waals surface area (Å²) >= 11 is 6.98. The Morgan fingerprint density at radius 2 is 1.86 bits per heavy atom. The summed E-state index contributed by atoms with van der Waals surface area (Å²) in [6.07, 6.45) is 2.44. The van der Waals surface area contributed by atoms with Crippen LogP contribution in [-0.4, -0.2) is 23.0 Å². The molecule has 8 heteroatoms. The van der Waals surface area contributed by atoms with Gasteiger partial charge in [-0.25, -0.2) is 4.98 Å². The SMILES string of the molecule is CC[C@@H](C)c1nc2ccc(Br)cc2c(=O)n1N=Cc1cc(Br)cc(OC)c1OCc1ccccc1. The van der Waals surface area contributed by atoms with Crippen LogP contribution in [0.1, 0.15) is 43.1 Å². The van der Waals surface area contributed by atoms with Crippen LogP contribution in [0.25, 0.3) is 10.9 Å². The van der Waals surface area contributed by atoms with Crippen LogP contribution in [0.5, 0.6) is 11.5 Å². The standard InChI is InChI=1S/C27H25Br2N3O3/c1-4-17(2)26-31-23-11-10-20(28)13-22(23)27(33)32(26)30-15-19-12-21(29)14-24(34-3)25(19)35-16-18-8-6-5-7-9-18/h5-15,17H,4,16H2,1-3H3/t17-/m1/s1. The number of benzene rings is 3. The van der Waals surface area contributed by atoms with Crippen molar-refractivity contribution >= 4 is 49.0 Å². The highest BCUT2D eigenvalue weighted by Crippen LogP contribution is 2.34. The molecule has 0 fully saturated rings. The zero-order valence-corrected chi connectivity index (χ0v) is 22.8. The van der Waals surface area contributed by atoms with Crippen molar-refractivity contribution in [3.63, 3.8) is 0 Å². The van der Waals surface area contributed by atoms with Gasteiger partial charge in [0, 0.05) is 20.4 Å². The summed E-state index contributed by atoms with van der Waals surface area (Å²) in [5.41, 5.74) is 2.12. The zero-order chi connectivity index (χ0) is 24.9. The van der Waals surface area contributed by atoms with E-state index in [2.05, 4.69) is 43.9 Å². The Morgan fingerprint density at radius 3 is 2.57 bits per heavy atom. The van der Waals surface area contributed by atoms with Gasteiger partial charge in [-0.2, -0.15) is 9.78 Å². The lowest BCUT2D eigenvalue weighted by atomic mass is 10.1. The summed E-state index contributed by atoms with van der Waals surface area (Å²) < 4.78 is 14.7. The number of hydrogen-bond acceptors (Lipinski definition) is 5. The molecule has 3 aromatic carbocycles. The van der Waals surface area contributed by atoms with Crippen LogP contribution in [0, 0.1) is 0 Å². The van der Waals surface area contributed by atoms with Crippen LogP contribution in [0.15, 0.2) is 79.5 Å². The van der Waals surface area contributed by atoms with Gasteiger partial charge in [-0.05, 0) is 42.3 Å². The summed E-state index contributed by atoms with van der Waals surface area (Å²) in [5, 5.41) is 5.10. The number of halogens is 2. The summed E-state index contributed by atoms with van der Waals surface area (Å²) in [6.45, 7) is 4.46. The van der Waals surface area contributed by atoms with Crippen molar-refractivity contribution < 1.29 is 9.47 Å². The molecule has 1 atom stereocenters. The third-order valence-corrected chi connectivity index (χ3v) is 6.64. The van der Waals surface area contributed by atoms with Crippen molar-refractivity contribution in [3.8, 4) is 11.5 Å². The van der Waals surface area contributed by atoms with Crippen LogP contribution < -0.4 is 15.0 Å². The molecule has 0 bridgehead atoms. The molecule has 0 N–H and O–H groups in total. The minimum absolute atomic E-state index is 0.0405. The molecule has 0 amide bonds. The molecule has 0 radical (unpaired) electrons. The van der Waals surface area contributed by atoms with Gasteiger partial charge in [-0.1, -0.05) is 76.0 Å². The third kappa shape index (κ3) is 5.65. The molecular formula is C27H25Br2N3O3. The zero-order valence-electron chi connectivity index (χ0n) is 19.7. The molecule has 4 aromatic rings. The minimum Gasteiger partial charge on any atom is -0.493 e. The van der Waals surface area contributed by atoms with Crippen molar-refractivity contribution in [1.82, 2.24) is 9.66 Å². The average Bonchev–Trinajstić information content (AvgIpc) is 2.87. The normalized spacial score (nSPS) is 12.3. The average molecular weight is 599 g/mol. The number of aromatic nitrogens is 2. The smallest absolute Gasteiger partial charge is 0.282 e. The molecule has 0 saturated carbocycles. The minimum atomic E-state index is -0.225. The van der Waals surface area contributed by atoms with Crippen LogP contribution in [0.2, 0.25) is 0 Å². The largest absolute Gasteiger partial charge is 0.493 e. The van der Waals surface area contributed by atoms with Crippen molar-refractivity contribution in [2.45, 2.75) is 32.8 Å². The molecule has 0 saturated heterocycles. The molecule has 1 aromatic heterocycles. The maximum absolute atomic E-state index is 13.5. The second-order valence-corrected chi connectivity index (χ2v) is 9.93. The lowest BCUT2D eigenvalue weighted by molar-refractivity contribution is 0.284. The Kier molecular flexibility index (Phi) is 8.03. The predicted octanol–water partition coefficient (Wildman–Crippen LogP) is 6.90. The van der Waals surface area contributed by atoms with Crippen molar-refractivity contribution in [2.24, 2.45) is 5.10 Å². The molecule has 0 aliphatic heterocycles. The molecule has 0 aliphatic rings. The monoisotopic (exact) mass is 597 g/mol. The molecule has 0 aliphatic carbocycles. The van der Waals surface area contributed by atoms with Gasteiger partial charge in [0.25, 0.3) is 5.56 Å². The molecule has 0 unspecified atom stereocenters. The predicted molar refractivity (Wildman–Crippen MR) is 147 cm³/mol. The second kappa shape index (κ2) is 11.2. The molecular weight excluding hydrogens is 574 g/mol. The first-order chi connectivity index (χ1) is 16.9. The van der Waals surface area contributed by atoms with Crippen molar-refractivity contribution in [1.29, 1.82) is 0 Å². The maximum Gasteiger partial charge on any atom is 0.282 e. The highest BCUT2D eigenvalue weighted by atomic mass is 79.9. The maximum atomic E-state index is 13.5. The Bertz CT molecular complexity index is 1440. The van der Waals surface area contributed by atoms with Crippen molar-refractivity contribution in [3.05, 3.63) is 96.9 Å². The van der Waals surface area contributed by atoms with E-state index in [0.717, 1.165) is 20.9 Å². The van der Waals surface area contributed by atoms with Crippen LogP contribution in [0.3, 0.4) is 0 Å². The van der Waals surface area contributed by atoms with E-state index in [-0.39, 0.29) is 11.5 Å². The number of nitrogens with zero attached hydrogens (tertiary/aromatic N) is 3. The van der Waals surface area contributed by atoms with Gasteiger partial charge in [-0.3, -0.25) is 4.79 Å². The fourth-order valence-electron chi connectivity index (χ4n) is 3.62. The molecule has 35 heavy (non-hydrogen) atoms. The topological polar surface area (TPSA) is 65.7 Å². The lowest BCUT2D eigenvalue weighted by Gasteiger charge is -2.15. The summed E-state index contributed by atoms with van der Waals surface area (Å²) in [6, 6.07) is 19.1. The summed E-state index contributed by atoms with van der Waals surface area (Å²) in [5.74, 6) is 1.75. The molecule has 1 heterocycles. The van der Waals surface area contributed by atoms with E-state index < -0.39 is 0 Å². The van der Waals surface area contributed by atoms with E-state index in [9.17, 15) is 4.79 Å². The lowest BCUT2D eigenvalue weighted by Crippen LogP contribution is -2.23. The van der Waals surface area contributed by atoms with E-state index in [0.29, 0.717) is 40.4 Å². The highest BCUT2D eigenvalue weighted by Gasteiger charge is 2.17. The number of rotatable bonds is 8. The Hall–Kier alpha value is -2.97. The van der Waals surface area contributed by atoms with Crippen LogP contribution in [-0.2, 0) is 6.61 Å². The van der Waals surface area contributed by atoms with E-state index in [1.54, 1.807) is 19.4 Å². The van der Waals surface area contributed by atoms with Gasteiger partial charge >= 0.3 is 0 Å². The molecule has 4 rings (SSSR count). The van der Waals surface area contributed by atoms with E-state index in [1.165, 1.54) is 4.68 Å². The third-order valence-electron chi connectivity index (χ3n) is 5.69. The van der Waals surface area contributed by atoms with Gasteiger partial charge in [0.05, 0.1) is 24.2 Å².